The van der Waals surface area contributed by atoms with Crippen molar-refractivity contribution in [1.82, 2.24) is 0 Å². The van der Waals surface area contributed by atoms with E-state index in [1.807, 2.05) is 36.4 Å². The molecular weight excluding hydrogens is 230 g/mol. The molecule has 1 fully saturated rings. The second-order valence-electron chi connectivity index (χ2n) is 4.12. The summed E-state index contributed by atoms with van der Waals surface area (Å²) < 4.78 is 10.4. The van der Waals surface area contributed by atoms with Crippen LogP contribution in [0.15, 0.2) is 47.1 Å². The second kappa shape index (κ2) is 4.66. The fourth-order valence-corrected chi connectivity index (χ4v) is 2.04. The quantitative estimate of drug-likeness (QED) is 0.812. The van der Waals surface area contributed by atoms with Crippen LogP contribution in [0.5, 0.6) is 0 Å². The van der Waals surface area contributed by atoms with Gasteiger partial charge < -0.3 is 14.1 Å². The van der Waals surface area contributed by atoms with Crippen LogP contribution in [0.25, 0.3) is 11.3 Å². The third-order valence-corrected chi connectivity index (χ3v) is 2.97. The van der Waals surface area contributed by atoms with Crippen LogP contribution in [-0.2, 0) is 9.53 Å². The first kappa shape index (κ1) is 11.0. The monoisotopic (exact) mass is 243 g/mol. The van der Waals surface area contributed by atoms with E-state index in [2.05, 4.69) is 0 Å². The summed E-state index contributed by atoms with van der Waals surface area (Å²) in [5.41, 5.74) is 1.91. The molecule has 0 spiro atoms. The number of hydrogen-bond acceptors (Lipinski definition) is 3. The molecular formula is C14H13NO3. The zero-order valence-corrected chi connectivity index (χ0v) is 9.83. The fourth-order valence-electron chi connectivity index (χ4n) is 2.04. The van der Waals surface area contributed by atoms with Gasteiger partial charge in [-0.1, -0.05) is 0 Å². The lowest BCUT2D eigenvalue weighted by Crippen LogP contribution is -2.41. The summed E-state index contributed by atoms with van der Waals surface area (Å²) in [6, 6.07) is 11.5. The topological polar surface area (TPSA) is 42.7 Å². The maximum atomic E-state index is 11.7. The summed E-state index contributed by atoms with van der Waals surface area (Å²) in [6.45, 7) is 1.37. The Morgan fingerprint density at radius 2 is 1.94 bits per heavy atom. The van der Waals surface area contributed by atoms with Gasteiger partial charge in [-0.3, -0.25) is 4.79 Å². The average molecular weight is 243 g/mol. The normalized spacial score (nSPS) is 16.0. The van der Waals surface area contributed by atoms with E-state index in [0.717, 1.165) is 17.0 Å². The smallest absolute Gasteiger partial charge is 0.253 e. The Morgan fingerprint density at radius 1 is 1.11 bits per heavy atom. The van der Waals surface area contributed by atoms with Gasteiger partial charge in [0.05, 0.1) is 12.9 Å². The third kappa shape index (κ3) is 2.02. The van der Waals surface area contributed by atoms with Crippen molar-refractivity contribution in [3.8, 4) is 11.3 Å². The molecule has 0 unspecified atom stereocenters. The van der Waals surface area contributed by atoms with Crippen LogP contribution in [0.4, 0.5) is 5.69 Å². The van der Waals surface area contributed by atoms with Crippen molar-refractivity contribution in [2.45, 2.75) is 0 Å². The van der Waals surface area contributed by atoms with E-state index in [-0.39, 0.29) is 12.5 Å². The number of anilines is 1. The van der Waals surface area contributed by atoms with Crippen molar-refractivity contribution in [3.05, 3.63) is 42.7 Å². The van der Waals surface area contributed by atoms with E-state index in [0.29, 0.717) is 13.2 Å². The molecule has 0 atom stereocenters. The largest absolute Gasteiger partial charge is 0.464 e. The van der Waals surface area contributed by atoms with Crippen molar-refractivity contribution in [2.24, 2.45) is 0 Å². The average Bonchev–Trinajstić information content (AvgIpc) is 2.94. The molecule has 4 nitrogen and oxygen atoms in total. The number of ether oxygens (including phenoxy) is 1. The summed E-state index contributed by atoms with van der Waals surface area (Å²) in [5.74, 6) is 0.835. The summed E-state index contributed by atoms with van der Waals surface area (Å²) in [5, 5.41) is 0. The van der Waals surface area contributed by atoms with E-state index >= 15 is 0 Å². The molecule has 0 saturated carbocycles. The maximum absolute atomic E-state index is 11.7. The Hall–Kier alpha value is -2.07. The molecule has 1 aromatic heterocycles. The molecule has 0 bridgehead atoms. The lowest BCUT2D eigenvalue weighted by molar-refractivity contribution is -0.125. The number of benzene rings is 1. The molecule has 0 radical (unpaired) electrons. The fraction of sp³-hybridized carbons (Fsp3) is 0.214. The van der Waals surface area contributed by atoms with Gasteiger partial charge >= 0.3 is 0 Å². The standard InChI is InChI=1S/C14H13NO3/c16-14-10-17-9-7-15(14)12-5-3-11(4-6-12)13-2-1-8-18-13/h1-6,8H,7,9-10H2. The van der Waals surface area contributed by atoms with E-state index in [9.17, 15) is 4.79 Å². The predicted octanol–water partition coefficient (Wildman–Crippen LogP) is 2.31. The van der Waals surface area contributed by atoms with Crippen molar-refractivity contribution >= 4 is 11.6 Å². The Morgan fingerprint density at radius 3 is 2.61 bits per heavy atom. The van der Waals surface area contributed by atoms with Crippen molar-refractivity contribution in [1.29, 1.82) is 0 Å². The molecule has 1 aliphatic rings. The van der Waals surface area contributed by atoms with Crippen molar-refractivity contribution < 1.29 is 13.9 Å². The summed E-state index contributed by atoms with van der Waals surface area (Å²) >= 11 is 0. The van der Waals surface area contributed by atoms with Crippen LogP contribution < -0.4 is 4.90 Å². The molecule has 1 saturated heterocycles. The molecule has 2 heterocycles. The van der Waals surface area contributed by atoms with Gasteiger partial charge in [0.2, 0.25) is 0 Å². The molecule has 4 heteroatoms. The zero-order chi connectivity index (χ0) is 12.4. The molecule has 0 aliphatic carbocycles. The second-order valence-corrected chi connectivity index (χ2v) is 4.12. The van der Waals surface area contributed by atoms with Crippen molar-refractivity contribution in [2.75, 3.05) is 24.7 Å². The van der Waals surface area contributed by atoms with Crippen LogP contribution in [0, 0.1) is 0 Å². The number of hydrogen-bond donors (Lipinski definition) is 0. The Balaban J connectivity index is 1.84. The minimum absolute atomic E-state index is 0.00648. The molecule has 2 aromatic rings. The van der Waals surface area contributed by atoms with Gasteiger partial charge in [0.25, 0.3) is 5.91 Å². The first-order valence-electron chi connectivity index (χ1n) is 5.87. The van der Waals surface area contributed by atoms with E-state index in [1.54, 1.807) is 11.2 Å². The number of amides is 1. The molecule has 1 aromatic carbocycles. The van der Waals surface area contributed by atoms with Crippen LogP contribution in [0.2, 0.25) is 0 Å². The van der Waals surface area contributed by atoms with Crippen LogP contribution in [0.3, 0.4) is 0 Å². The number of morpholine rings is 1. The lowest BCUT2D eigenvalue weighted by Gasteiger charge is -2.26. The molecule has 1 aliphatic heterocycles. The predicted molar refractivity (Wildman–Crippen MR) is 67.3 cm³/mol. The van der Waals surface area contributed by atoms with Gasteiger partial charge in [0.15, 0.2) is 0 Å². The molecule has 18 heavy (non-hydrogen) atoms. The number of nitrogens with zero attached hydrogens (tertiary/aromatic N) is 1. The molecule has 92 valence electrons. The minimum Gasteiger partial charge on any atom is -0.464 e. The number of furan rings is 1. The van der Waals surface area contributed by atoms with Gasteiger partial charge in [-0.25, -0.2) is 0 Å². The Bertz CT molecular complexity index is 531. The molecule has 0 N–H and O–H groups in total. The van der Waals surface area contributed by atoms with Gasteiger partial charge in [-0.05, 0) is 36.4 Å². The summed E-state index contributed by atoms with van der Waals surface area (Å²) in [4.78, 5) is 13.4. The highest BCUT2D eigenvalue weighted by molar-refractivity contribution is 5.95. The highest BCUT2D eigenvalue weighted by Gasteiger charge is 2.19. The minimum atomic E-state index is 0.00648. The van der Waals surface area contributed by atoms with Gasteiger partial charge in [-0.2, -0.15) is 0 Å². The van der Waals surface area contributed by atoms with Crippen molar-refractivity contribution in [3.63, 3.8) is 0 Å². The van der Waals surface area contributed by atoms with E-state index in [1.165, 1.54) is 0 Å². The Kier molecular flexibility index (Phi) is 2.86. The first-order valence-corrected chi connectivity index (χ1v) is 5.87. The molecule has 1 amide bonds. The number of rotatable bonds is 2. The highest BCUT2D eigenvalue weighted by Crippen LogP contribution is 2.24. The van der Waals surface area contributed by atoms with E-state index in [4.69, 9.17) is 9.15 Å². The van der Waals surface area contributed by atoms with Gasteiger partial charge in [0, 0.05) is 17.8 Å². The van der Waals surface area contributed by atoms with Gasteiger partial charge in [-0.15, -0.1) is 0 Å². The van der Waals surface area contributed by atoms with Crippen LogP contribution in [-0.4, -0.2) is 25.7 Å². The Labute approximate surface area is 105 Å². The van der Waals surface area contributed by atoms with E-state index < -0.39 is 0 Å². The van der Waals surface area contributed by atoms with Gasteiger partial charge in [0.1, 0.15) is 12.4 Å². The van der Waals surface area contributed by atoms with Crippen LogP contribution in [0.1, 0.15) is 0 Å². The molecule has 3 rings (SSSR count). The summed E-state index contributed by atoms with van der Waals surface area (Å²) in [7, 11) is 0. The SMILES string of the molecule is O=C1COCCN1c1ccc(-c2ccco2)cc1. The maximum Gasteiger partial charge on any atom is 0.253 e. The van der Waals surface area contributed by atoms with Crippen LogP contribution >= 0.6 is 0 Å². The first-order chi connectivity index (χ1) is 8.84. The third-order valence-electron chi connectivity index (χ3n) is 2.97. The summed E-state index contributed by atoms with van der Waals surface area (Å²) in [6.07, 6.45) is 1.65. The number of carbonyl (C=O) groups excluding carboxylic acids is 1. The number of carbonyl (C=O) groups is 1. The zero-order valence-electron chi connectivity index (χ0n) is 9.83. The lowest BCUT2D eigenvalue weighted by atomic mass is 10.1. The highest BCUT2D eigenvalue weighted by atomic mass is 16.5.